The number of imide groups is 1. The molecule has 0 spiro atoms. The summed E-state index contributed by atoms with van der Waals surface area (Å²) in [7, 11) is 2.15. The zero-order valence-corrected chi connectivity index (χ0v) is 29.9. The summed E-state index contributed by atoms with van der Waals surface area (Å²) in [6.45, 7) is 3.12. The second-order valence-electron chi connectivity index (χ2n) is 14.1. The molecule has 0 unspecified atom stereocenters. The number of hydrogen-bond donors (Lipinski definition) is 1. The molecule has 1 fully saturated rings. The lowest BCUT2D eigenvalue weighted by Gasteiger charge is -2.39. The molecular formula is C46H42N2O5. The van der Waals surface area contributed by atoms with E-state index in [4.69, 9.17) is 9.47 Å². The predicted octanol–water partition coefficient (Wildman–Crippen LogP) is 9.03. The summed E-state index contributed by atoms with van der Waals surface area (Å²) in [6.07, 6.45) is -0.212. The molecule has 7 heteroatoms. The minimum atomic E-state index is -0.594. The highest BCUT2D eigenvalue weighted by atomic mass is 16.7. The number of hydrogen-bond acceptors (Lipinski definition) is 6. The Bertz CT molecular complexity index is 2230. The molecule has 1 N–H and O–H groups in total. The van der Waals surface area contributed by atoms with E-state index >= 15 is 0 Å². The van der Waals surface area contributed by atoms with Crippen molar-refractivity contribution in [1.29, 1.82) is 0 Å². The SMILES string of the molecule is C[C@H](c1ccc2ccccc2c1)N(C)C[C@H]1C[C@@H](c2ccc(CO)cc2)O[C@@H](c2ccc(-c3ccccc3CN3C(=O)c4ccccc4C3=O)cc2)O1. The van der Waals surface area contributed by atoms with Gasteiger partial charge in [0.2, 0.25) is 0 Å². The largest absolute Gasteiger partial charge is 0.392 e. The highest BCUT2D eigenvalue weighted by Gasteiger charge is 2.36. The number of rotatable bonds is 10. The van der Waals surface area contributed by atoms with Gasteiger partial charge in [0, 0.05) is 24.6 Å². The third-order valence-electron chi connectivity index (χ3n) is 10.7. The van der Waals surface area contributed by atoms with E-state index < -0.39 is 6.29 Å². The van der Waals surface area contributed by atoms with E-state index in [-0.39, 0.29) is 43.2 Å². The number of carbonyl (C=O) groups excluding carboxylic acids is 2. The van der Waals surface area contributed by atoms with Gasteiger partial charge in [-0.15, -0.1) is 0 Å². The Kier molecular flexibility index (Phi) is 9.73. The van der Waals surface area contributed by atoms with Crippen LogP contribution in [0, 0.1) is 0 Å². The van der Waals surface area contributed by atoms with Crippen LogP contribution >= 0.6 is 0 Å². The van der Waals surface area contributed by atoms with Gasteiger partial charge in [-0.25, -0.2) is 0 Å². The topological polar surface area (TPSA) is 79.3 Å². The summed E-state index contributed by atoms with van der Waals surface area (Å²) in [5.41, 5.74) is 7.75. The van der Waals surface area contributed by atoms with Gasteiger partial charge in [0.25, 0.3) is 11.8 Å². The van der Waals surface area contributed by atoms with Gasteiger partial charge >= 0.3 is 0 Å². The van der Waals surface area contributed by atoms with Crippen LogP contribution in [-0.4, -0.2) is 46.4 Å². The van der Waals surface area contributed by atoms with E-state index in [2.05, 4.69) is 61.3 Å². The van der Waals surface area contributed by atoms with Crippen molar-refractivity contribution in [3.05, 3.63) is 178 Å². The fourth-order valence-corrected chi connectivity index (χ4v) is 7.55. The Labute approximate surface area is 310 Å². The summed E-state index contributed by atoms with van der Waals surface area (Å²) in [6, 6.07) is 46.3. The van der Waals surface area contributed by atoms with Crippen LogP contribution in [0.4, 0.5) is 0 Å². The molecule has 2 amide bonds. The Morgan fingerprint density at radius 2 is 1.34 bits per heavy atom. The fourth-order valence-electron chi connectivity index (χ4n) is 7.55. The van der Waals surface area contributed by atoms with E-state index in [1.165, 1.54) is 21.2 Å². The highest BCUT2D eigenvalue weighted by Crippen LogP contribution is 2.40. The summed E-state index contributed by atoms with van der Waals surface area (Å²) in [4.78, 5) is 30.0. The standard InChI is InChI=1S/C46H42N2O5/c1-30(36-24-19-32-9-3-4-10-37(32)25-36)47(2)28-39-26-43(34-17-15-31(29-49)16-18-34)53-46(52-39)35-22-20-33(21-23-35)40-12-6-5-11-38(40)27-48-44(50)41-13-7-8-14-42(41)45(48)51/h3-25,30,39,43,46,49H,26-29H2,1-2H3/t30-,39-,43+,46+/m1/s1. The normalized spacial score (nSPS) is 19.2. The molecule has 0 radical (unpaired) electrons. The predicted molar refractivity (Wildman–Crippen MR) is 206 cm³/mol. The van der Waals surface area contributed by atoms with Crippen LogP contribution in [-0.2, 0) is 22.6 Å². The zero-order chi connectivity index (χ0) is 36.5. The second-order valence-corrected chi connectivity index (χ2v) is 14.1. The number of benzene rings is 6. The molecule has 0 aliphatic carbocycles. The minimum absolute atomic E-state index is 0.00854. The average molecular weight is 703 g/mol. The first-order valence-electron chi connectivity index (χ1n) is 18.2. The molecule has 1 saturated heterocycles. The smallest absolute Gasteiger partial charge is 0.261 e. The molecule has 0 aromatic heterocycles. The fraction of sp³-hybridized carbons (Fsp3) is 0.217. The van der Waals surface area contributed by atoms with Gasteiger partial charge in [-0.05, 0) is 76.3 Å². The Morgan fingerprint density at radius 1 is 0.717 bits per heavy atom. The van der Waals surface area contributed by atoms with E-state index in [9.17, 15) is 14.7 Å². The molecule has 4 atom stereocenters. The molecule has 0 saturated carbocycles. The van der Waals surface area contributed by atoms with Gasteiger partial charge in [0.1, 0.15) is 0 Å². The third kappa shape index (κ3) is 7.04. The van der Waals surface area contributed by atoms with Crippen LogP contribution in [0.25, 0.3) is 21.9 Å². The Morgan fingerprint density at radius 3 is 2.04 bits per heavy atom. The van der Waals surface area contributed by atoms with Gasteiger partial charge in [0.15, 0.2) is 6.29 Å². The maximum absolute atomic E-state index is 13.2. The van der Waals surface area contributed by atoms with Gasteiger partial charge < -0.3 is 14.6 Å². The zero-order valence-electron chi connectivity index (χ0n) is 29.9. The third-order valence-corrected chi connectivity index (χ3v) is 10.7. The molecule has 6 aromatic carbocycles. The first-order chi connectivity index (χ1) is 25.9. The summed E-state index contributed by atoms with van der Waals surface area (Å²) in [5, 5.41) is 12.1. The van der Waals surface area contributed by atoms with E-state index in [0.29, 0.717) is 24.1 Å². The molecule has 6 aromatic rings. The van der Waals surface area contributed by atoms with Crippen molar-refractivity contribution in [2.75, 3.05) is 13.6 Å². The van der Waals surface area contributed by atoms with Crippen LogP contribution < -0.4 is 0 Å². The van der Waals surface area contributed by atoms with E-state index in [1.807, 2.05) is 72.8 Å². The van der Waals surface area contributed by atoms with Crippen LogP contribution in [0.5, 0.6) is 0 Å². The quantitative estimate of drug-likeness (QED) is 0.144. The van der Waals surface area contributed by atoms with Gasteiger partial charge in [0.05, 0.1) is 36.5 Å². The van der Waals surface area contributed by atoms with Crippen molar-refractivity contribution >= 4 is 22.6 Å². The maximum atomic E-state index is 13.2. The van der Waals surface area contributed by atoms with E-state index in [0.717, 1.165) is 33.4 Å². The molecule has 7 nitrogen and oxygen atoms in total. The van der Waals surface area contributed by atoms with Crippen molar-refractivity contribution in [1.82, 2.24) is 9.80 Å². The maximum Gasteiger partial charge on any atom is 0.261 e. The average Bonchev–Trinajstić information content (AvgIpc) is 3.45. The number of amides is 2. The Hall–Kier alpha value is -5.44. The number of fused-ring (bicyclic) bond motifs is 2. The van der Waals surface area contributed by atoms with Gasteiger partial charge in [-0.2, -0.15) is 0 Å². The van der Waals surface area contributed by atoms with Gasteiger partial charge in [-0.3, -0.25) is 19.4 Å². The molecule has 53 heavy (non-hydrogen) atoms. The second kappa shape index (κ2) is 14.9. The number of likely N-dealkylation sites (N-methyl/N-ethyl adjacent to an activating group) is 1. The van der Waals surface area contributed by atoms with Crippen molar-refractivity contribution in [2.24, 2.45) is 0 Å². The molecule has 0 bridgehead atoms. The molecule has 266 valence electrons. The highest BCUT2D eigenvalue weighted by molar-refractivity contribution is 6.21. The number of aliphatic hydroxyl groups excluding tert-OH is 1. The summed E-state index contributed by atoms with van der Waals surface area (Å²) >= 11 is 0. The van der Waals surface area contributed by atoms with Crippen molar-refractivity contribution in [3.63, 3.8) is 0 Å². The monoisotopic (exact) mass is 702 g/mol. The first kappa shape index (κ1) is 34.6. The Balaban J connectivity index is 1.02. The van der Waals surface area contributed by atoms with Crippen molar-refractivity contribution in [3.8, 4) is 11.1 Å². The molecule has 2 heterocycles. The van der Waals surface area contributed by atoms with Crippen LogP contribution in [0.1, 0.15) is 80.3 Å². The molecule has 2 aliphatic heterocycles. The number of nitrogens with zero attached hydrogens (tertiary/aromatic N) is 2. The lowest BCUT2D eigenvalue weighted by atomic mass is 9.97. The van der Waals surface area contributed by atoms with Crippen LogP contribution in [0.3, 0.4) is 0 Å². The minimum Gasteiger partial charge on any atom is -0.392 e. The van der Waals surface area contributed by atoms with Crippen molar-refractivity contribution < 1.29 is 24.2 Å². The van der Waals surface area contributed by atoms with Gasteiger partial charge in [-0.1, -0.05) is 121 Å². The summed E-state index contributed by atoms with van der Waals surface area (Å²) in [5.74, 6) is -0.537. The van der Waals surface area contributed by atoms with Crippen LogP contribution in [0.2, 0.25) is 0 Å². The van der Waals surface area contributed by atoms with E-state index in [1.54, 1.807) is 24.3 Å². The molecule has 2 aliphatic rings. The molecular weight excluding hydrogens is 661 g/mol. The number of aliphatic hydroxyl groups is 1. The first-order valence-corrected chi connectivity index (χ1v) is 18.2. The van der Waals surface area contributed by atoms with Crippen LogP contribution in [0.15, 0.2) is 140 Å². The summed E-state index contributed by atoms with van der Waals surface area (Å²) < 4.78 is 13.4. The lowest BCUT2D eigenvalue weighted by Crippen LogP contribution is -2.38. The number of ether oxygens (including phenoxy) is 2. The lowest BCUT2D eigenvalue weighted by molar-refractivity contribution is -0.253. The molecule has 8 rings (SSSR count). The van der Waals surface area contributed by atoms with Crippen molar-refractivity contribution in [2.45, 2.75) is 51.0 Å². The number of carbonyl (C=O) groups is 2.